The molecule has 0 spiro atoms. The lowest BCUT2D eigenvalue weighted by molar-refractivity contribution is 0.0240. The first kappa shape index (κ1) is 17.5. The van der Waals surface area contributed by atoms with Crippen molar-refractivity contribution >= 4 is 27.7 Å². The first-order valence-corrected chi connectivity index (χ1v) is 8.12. The van der Waals surface area contributed by atoms with Crippen LogP contribution in [0.25, 0.3) is 0 Å². The fourth-order valence-electron chi connectivity index (χ4n) is 2.38. The molecule has 1 aromatic rings. The second kappa shape index (κ2) is 6.75. The van der Waals surface area contributed by atoms with Gasteiger partial charge in [-0.15, -0.1) is 0 Å². The van der Waals surface area contributed by atoms with E-state index < -0.39 is 11.4 Å². The lowest BCUT2D eigenvalue weighted by atomic mass is 10.1. The van der Waals surface area contributed by atoms with Crippen LogP contribution in [0.4, 0.5) is 14.9 Å². The van der Waals surface area contributed by atoms with Crippen LogP contribution < -0.4 is 4.90 Å². The first-order valence-electron chi connectivity index (χ1n) is 7.33. The number of amides is 1. The Balaban J connectivity index is 2.08. The van der Waals surface area contributed by atoms with Crippen molar-refractivity contribution in [2.45, 2.75) is 26.4 Å². The molecule has 0 saturated carbocycles. The number of carbonyl (C=O) groups is 1. The van der Waals surface area contributed by atoms with Gasteiger partial charge in [0.2, 0.25) is 0 Å². The number of hydrogen-bond donors (Lipinski definition) is 0. The number of ether oxygens (including phenoxy) is 1. The Morgan fingerprint density at radius 2 is 1.91 bits per heavy atom. The molecular weight excluding hydrogens is 365 g/mol. The minimum Gasteiger partial charge on any atom is -0.444 e. The van der Waals surface area contributed by atoms with Crippen molar-refractivity contribution in [2.24, 2.45) is 0 Å². The molecule has 23 heavy (non-hydrogen) atoms. The highest BCUT2D eigenvalue weighted by Crippen LogP contribution is 2.28. The van der Waals surface area contributed by atoms with Gasteiger partial charge >= 0.3 is 6.09 Å². The first-order chi connectivity index (χ1) is 10.7. The summed E-state index contributed by atoms with van der Waals surface area (Å²) >= 11 is 3.25. The van der Waals surface area contributed by atoms with Gasteiger partial charge in [-0.05, 0) is 32.9 Å². The van der Waals surface area contributed by atoms with Gasteiger partial charge in [0.05, 0.1) is 5.69 Å². The van der Waals surface area contributed by atoms with E-state index in [4.69, 9.17) is 4.74 Å². The summed E-state index contributed by atoms with van der Waals surface area (Å²) in [5.41, 5.74) is 0.0393. The van der Waals surface area contributed by atoms with Crippen molar-refractivity contribution in [2.75, 3.05) is 31.1 Å². The van der Waals surface area contributed by atoms with E-state index in [1.807, 2.05) is 31.7 Å². The van der Waals surface area contributed by atoms with Crippen molar-refractivity contribution < 1.29 is 13.9 Å². The Labute approximate surface area is 143 Å². The third-order valence-electron chi connectivity index (χ3n) is 3.42. The summed E-state index contributed by atoms with van der Waals surface area (Å²) in [6.45, 7) is 7.44. The summed E-state index contributed by atoms with van der Waals surface area (Å²) < 4.78 is 19.8. The molecule has 1 saturated heterocycles. The monoisotopic (exact) mass is 383 g/mol. The third kappa shape index (κ3) is 4.35. The zero-order valence-corrected chi connectivity index (χ0v) is 15.0. The maximum Gasteiger partial charge on any atom is 0.410 e. The highest BCUT2D eigenvalue weighted by Gasteiger charge is 2.27. The van der Waals surface area contributed by atoms with Crippen molar-refractivity contribution in [1.29, 1.82) is 5.26 Å². The maximum atomic E-state index is 13.9. The molecule has 124 valence electrons. The number of piperazine rings is 1. The van der Waals surface area contributed by atoms with Crippen molar-refractivity contribution in [1.82, 2.24) is 4.90 Å². The zero-order chi connectivity index (χ0) is 17.2. The van der Waals surface area contributed by atoms with Gasteiger partial charge in [-0.2, -0.15) is 5.26 Å². The number of nitriles is 1. The van der Waals surface area contributed by atoms with E-state index in [0.717, 1.165) is 0 Å². The summed E-state index contributed by atoms with van der Waals surface area (Å²) in [5, 5.41) is 9.17. The lowest BCUT2D eigenvalue weighted by Crippen LogP contribution is -2.50. The van der Waals surface area contributed by atoms with Gasteiger partial charge in [0, 0.05) is 30.7 Å². The summed E-state index contributed by atoms with van der Waals surface area (Å²) in [7, 11) is 0. The van der Waals surface area contributed by atoms with Crippen LogP contribution >= 0.6 is 15.9 Å². The van der Waals surface area contributed by atoms with E-state index in [1.54, 1.807) is 11.0 Å². The molecule has 0 atom stereocenters. The van der Waals surface area contributed by atoms with Crippen LogP contribution in [-0.4, -0.2) is 42.8 Å². The Morgan fingerprint density at radius 1 is 1.30 bits per heavy atom. The van der Waals surface area contributed by atoms with E-state index in [0.29, 0.717) is 36.3 Å². The Bertz CT molecular complexity index is 644. The standard InChI is InChI=1S/C16H19BrFN3O2/c1-16(2,3)23-15(22)21-6-4-20(5-7-21)14-9-11(17)8-13(18)12(14)10-19/h8-9H,4-7H2,1-3H3. The van der Waals surface area contributed by atoms with E-state index in [-0.39, 0.29) is 11.7 Å². The second-order valence-corrected chi connectivity index (χ2v) is 7.26. The van der Waals surface area contributed by atoms with Crippen LogP contribution in [0.2, 0.25) is 0 Å². The normalized spacial score (nSPS) is 15.3. The van der Waals surface area contributed by atoms with Crippen molar-refractivity contribution in [3.63, 3.8) is 0 Å². The molecule has 5 nitrogen and oxygen atoms in total. The van der Waals surface area contributed by atoms with Crippen LogP contribution in [-0.2, 0) is 4.74 Å². The molecule has 7 heteroatoms. The summed E-state index contributed by atoms with van der Waals surface area (Å²) in [4.78, 5) is 15.6. The quantitative estimate of drug-likeness (QED) is 0.744. The number of halogens is 2. The van der Waals surface area contributed by atoms with Crippen LogP contribution in [0.1, 0.15) is 26.3 Å². The molecule has 0 N–H and O–H groups in total. The number of rotatable bonds is 1. The van der Waals surface area contributed by atoms with Crippen molar-refractivity contribution in [3.05, 3.63) is 28.0 Å². The molecule has 0 unspecified atom stereocenters. The topological polar surface area (TPSA) is 56.6 Å². The predicted molar refractivity (Wildman–Crippen MR) is 88.8 cm³/mol. The average molecular weight is 384 g/mol. The number of anilines is 1. The van der Waals surface area contributed by atoms with Crippen LogP contribution in [0, 0.1) is 17.1 Å². The fraction of sp³-hybridized carbons (Fsp3) is 0.500. The molecule has 1 aliphatic heterocycles. The molecule has 1 fully saturated rings. The molecule has 1 amide bonds. The molecule has 0 aromatic heterocycles. The van der Waals surface area contributed by atoms with Crippen molar-refractivity contribution in [3.8, 4) is 6.07 Å². The fourth-order valence-corrected chi connectivity index (χ4v) is 2.79. The van der Waals surface area contributed by atoms with Gasteiger partial charge < -0.3 is 14.5 Å². The van der Waals surface area contributed by atoms with Gasteiger partial charge in [-0.1, -0.05) is 15.9 Å². The van der Waals surface area contributed by atoms with E-state index in [1.165, 1.54) is 6.07 Å². The summed E-state index contributed by atoms with van der Waals surface area (Å²) in [6.07, 6.45) is -0.349. The van der Waals surface area contributed by atoms with Crippen LogP contribution in [0.15, 0.2) is 16.6 Å². The summed E-state index contributed by atoms with van der Waals surface area (Å²) in [5.74, 6) is -0.550. The largest absolute Gasteiger partial charge is 0.444 e. The molecule has 1 aliphatic rings. The molecule has 2 rings (SSSR count). The number of hydrogen-bond acceptors (Lipinski definition) is 4. The van der Waals surface area contributed by atoms with E-state index in [2.05, 4.69) is 15.9 Å². The van der Waals surface area contributed by atoms with Gasteiger partial charge in [-0.25, -0.2) is 9.18 Å². The average Bonchev–Trinajstić information content (AvgIpc) is 2.45. The van der Waals surface area contributed by atoms with E-state index in [9.17, 15) is 14.4 Å². The van der Waals surface area contributed by atoms with Crippen LogP contribution in [0.3, 0.4) is 0 Å². The van der Waals surface area contributed by atoms with Gasteiger partial charge in [0.1, 0.15) is 23.1 Å². The molecule has 0 aliphatic carbocycles. The molecule has 0 radical (unpaired) electrons. The zero-order valence-electron chi connectivity index (χ0n) is 13.4. The smallest absolute Gasteiger partial charge is 0.410 e. The summed E-state index contributed by atoms with van der Waals surface area (Å²) in [6, 6.07) is 4.91. The van der Waals surface area contributed by atoms with Gasteiger partial charge in [-0.3, -0.25) is 0 Å². The van der Waals surface area contributed by atoms with E-state index >= 15 is 0 Å². The molecular formula is C16H19BrFN3O2. The second-order valence-electron chi connectivity index (χ2n) is 6.35. The minimum atomic E-state index is -0.550. The van der Waals surface area contributed by atoms with Gasteiger partial charge in [0.15, 0.2) is 0 Å². The SMILES string of the molecule is CC(C)(C)OC(=O)N1CCN(c2cc(Br)cc(F)c2C#N)CC1. The molecule has 0 bridgehead atoms. The van der Waals surface area contributed by atoms with Crippen LogP contribution in [0.5, 0.6) is 0 Å². The Kier molecular flexibility index (Phi) is 5.15. The molecule has 1 aromatic carbocycles. The third-order valence-corrected chi connectivity index (χ3v) is 3.88. The number of nitrogens with zero attached hydrogens (tertiary/aromatic N) is 3. The highest BCUT2D eigenvalue weighted by atomic mass is 79.9. The Morgan fingerprint density at radius 3 is 2.43 bits per heavy atom. The maximum absolute atomic E-state index is 13.9. The Hall–Kier alpha value is -1.81. The van der Waals surface area contributed by atoms with Gasteiger partial charge in [0.25, 0.3) is 0 Å². The number of carbonyl (C=O) groups excluding carboxylic acids is 1. The highest BCUT2D eigenvalue weighted by molar-refractivity contribution is 9.10. The minimum absolute atomic E-state index is 0.0268. The predicted octanol–water partition coefficient (Wildman–Crippen LogP) is 3.52. The lowest BCUT2D eigenvalue weighted by Gasteiger charge is -2.37. The molecule has 1 heterocycles. The number of benzene rings is 1.